The smallest absolute Gasteiger partial charge is 0.140 e. The summed E-state index contributed by atoms with van der Waals surface area (Å²) in [4.78, 5) is 12.5. The molecule has 0 bridgehead atoms. The average Bonchev–Trinajstić information content (AvgIpc) is 2.51. The molecule has 0 radical (unpaired) electrons. The van der Waals surface area contributed by atoms with E-state index in [-0.39, 0.29) is 11.3 Å². The maximum absolute atomic E-state index is 12.5. The van der Waals surface area contributed by atoms with Crippen LogP contribution in [0.15, 0.2) is 30.3 Å². The quantitative estimate of drug-likeness (QED) is 0.638. The van der Waals surface area contributed by atoms with Crippen LogP contribution in [0.2, 0.25) is 0 Å². The summed E-state index contributed by atoms with van der Waals surface area (Å²) >= 11 is 0. The van der Waals surface area contributed by atoms with E-state index in [1.54, 1.807) is 0 Å². The van der Waals surface area contributed by atoms with Gasteiger partial charge in [0.05, 0.1) is 0 Å². The van der Waals surface area contributed by atoms with Crippen molar-refractivity contribution in [3.63, 3.8) is 0 Å². The van der Waals surface area contributed by atoms with Crippen LogP contribution in [0.5, 0.6) is 0 Å². The summed E-state index contributed by atoms with van der Waals surface area (Å²) in [6.07, 6.45) is 8.74. The molecule has 3 rings (SSSR count). The van der Waals surface area contributed by atoms with Crippen LogP contribution in [0.4, 0.5) is 0 Å². The largest absolute Gasteiger partial charge is 0.299 e. The summed E-state index contributed by atoms with van der Waals surface area (Å²) in [6, 6.07) is 10.1. The van der Waals surface area contributed by atoms with Crippen molar-refractivity contribution in [2.24, 2.45) is 11.3 Å². The zero-order chi connectivity index (χ0) is 13.8. The van der Waals surface area contributed by atoms with Crippen LogP contribution in [0.1, 0.15) is 56.9 Å². The Morgan fingerprint density at radius 3 is 2.50 bits per heavy atom. The molecule has 1 nitrogen and oxygen atoms in total. The third-order valence-corrected chi connectivity index (χ3v) is 5.03. The van der Waals surface area contributed by atoms with Crippen molar-refractivity contribution in [2.75, 3.05) is 0 Å². The first-order valence-electron chi connectivity index (χ1n) is 7.91. The lowest BCUT2D eigenvalue weighted by atomic mass is 9.59. The van der Waals surface area contributed by atoms with Gasteiger partial charge in [-0.15, -0.1) is 0 Å². The summed E-state index contributed by atoms with van der Waals surface area (Å²) in [6.45, 7) is 0. The molecule has 0 saturated heterocycles. The summed E-state index contributed by atoms with van der Waals surface area (Å²) in [7, 11) is 0. The molecule has 1 heteroatoms. The molecule has 0 amide bonds. The molecule has 2 saturated carbocycles. The second-order valence-electron chi connectivity index (χ2n) is 6.22. The van der Waals surface area contributed by atoms with E-state index in [1.807, 2.05) is 30.3 Å². The molecule has 1 atom stereocenters. The molecule has 0 heterocycles. The van der Waals surface area contributed by atoms with Gasteiger partial charge in [-0.25, -0.2) is 0 Å². The lowest BCUT2D eigenvalue weighted by molar-refractivity contribution is -0.135. The maximum Gasteiger partial charge on any atom is 0.140 e. The third kappa shape index (κ3) is 2.52. The molecule has 0 N–H and O–H groups in total. The second kappa shape index (κ2) is 5.83. The monoisotopic (exact) mass is 266 g/mol. The molecule has 1 spiro atoms. The van der Waals surface area contributed by atoms with Crippen LogP contribution in [0.25, 0.3) is 0 Å². The predicted octanol–water partition coefficient (Wildman–Crippen LogP) is 4.36. The number of hydrogen-bond acceptors (Lipinski definition) is 1. The molecule has 1 aromatic rings. The average molecular weight is 266 g/mol. The number of rotatable bonds is 0. The van der Waals surface area contributed by atoms with Gasteiger partial charge < -0.3 is 0 Å². The van der Waals surface area contributed by atoms with E-state index in [0.29, 0.717) is 5.78 Å². The van der Waals surface area contributed by atoms with E-state index >= 15 is 0 Å². The van der Waals surface area contributed by atoms with Gasteiger partial charge in [-0.3, -0.25) is 4.79 Å². The van der Waals surface area contributed by atoms with E-state index in [9.17, 15) is 4.79 Å². The lowest BCUT2D eigenvalue weighted by Crippen LogP contribution is -2.42. The highest BCUT2D eigenvalue weighted by atomic mass is 16.1. The van der Waals surface area contributed by atoms with Crippen molar-refractivity contribution in [1.82, 2.24) is 0 Å². The van der Waals surface area contributed by atoms with Crippen LogP contribution in [-0.4, -0.2) is 5.78 Å². The molecular weight excluding hydrogens is 244 g/mol. The van der Waals surface area contributed by atoms with E-state index in [2.05, 4.69) is 11.8 Å². The van der Waals surface area contributed by atoms with Crippen LogP contribution in [0, 0.1) is 23.2 Å². The Bertz CT molecular complexity index is 526. The van der Waals surface area contributed by atoms with Crippen LogP contribution in [0.3, 0.4) is 0 Å². The van der Waals surface area contributed by atoms with Crippen molar-refractivity contribution in [2.45, 2.75) is 51.4 Å². The minimum atomic E-state index is -0.0989. The molecule has 104 valence electrons. The molecule has 2 aliphatic carbocycles. The first-order valence-corrected chi connectivity index (χ1v) is 7.91. The standard InChI is InChI=1S/C19H22O/c20-18-11-7-10-17(19(18)14-5-2-6-15-19)13-12-16-8-3-1-4-9-16/h1,3-4,8-9,17H,2,5-7,10-11,14-15H2. The van der Waals surface area contributed by atoms with Crippen LogP contribution >= 0.6 is 0 Å². The summed E-state index contributed by atoms with van der Waals surface area (Å²) in [5.74, 6) is 7.54. The zero-order valence-electron chi connectivity index (χ0n) is 12.0. The fourth-order valence-corrected chi connectivity index (χ4v) is 3.90. The van der Waals surface area contributed by atoms with E-state index in [1.165, 1.54) is 19.3 Å². The minimum Gasteiger partial charge on any atom is -0.299 e. The Hall–Kier alpha value is -1.55. The topological polar surface area (TPSA) is 17.1 Å². The Morgan fingerprint density at radius 2 is 1.75 bits per heavy atom. The number of carbonyl (C=O) groups excluding carboxylic acids is 1. The van der Waals surface area contributed by atoms with Crippen molar-refractivity contribution in [1.29, 1.82) is 0 Å². The van der Waals surface area contributed by atoms with Gasteiger partial charge in [-0.1, -0.05) is 49.3 Å². The van der Waals surface area contributed by atoms with Gasteiger partial charge in [-0.2, -0.15) is 0 Å². The lowest BCUT2D eigenvalue weighted by Gasteiger charge is -2.43. The summed E-state index contributed by atoms with van der Waals surface area (Å²) < 4.78 is 0. The highest BCUT2D eigenvalue weighted by molar-refractivity contribution is 5.86. The van der Waals surface area contributed by atoms with Crippen molar-refractivity contribution >= 4 is 5.78 Å². The Balaban J connectivity index is 1.86. The predicted molar refractivity (Wildman–Crippen MR) is 81.2 cm³/mol. The Morgan fingerprint density at radius 1 is 1.00 bits per heavy atom. The van der Waals surface area contributed by atoms with Crippen molar-refractivity contribution < 1.29 is 4.79 Å². The Labute approximate surface area is 121 Å². The van der Waals surface area contributed by atoms with Crippen molar-refractivity contribution in [3.05, 3.63) is 35.9 Å². The van der Waals surface area contributed by atoms with Crippen LogP contribution in [-0.2, 0) is 4.79 Å². The first kappa shape index (κ1) is 13.4. The van der Waals surface area contributed by atoms with Gasteiger partial charge in [0, 0.05) is 23.3 Å². The minimum absolute atomic E-state index is 0.0989. The second-order valence-corrected chi connectivity index (χ2v) is 6.22. The summed E-state index contributed by atoms with van der Waals surface area (Å²) in [5, 5.41) is 0. The summed E-state index contributed by atoms with van der Waals surface area (Å²) in [5.41, 5.74) is 0.967. The Kier molecular flexibility index (Phi) is 3.92. The molecule has 2 fully saturated rings. The first-order chi connectivity index (χ1) is 9.81. The number of hydrogen-bond donors (Lipinski definition) is 0. The molecule has 1 aromatic carbocycles. The van der Waals surface area contributed by atoms with E-state index in [0.717, 1.165) is 37.7 Å². The van der Waals surface area contributed by atoms with Crippen molar-refractivity contribution in [3.8, 4) is 11.8 Å². The highest BCUT2D eigenvalue weighted by Crippen LogP contribution is 2.48. The fraction of sp³-hybridized carbons (Fsp3) is 0.526. The SMILES string of the molecule is O=C1CCCC(C#Cc2ccccc2)C12CCCCC2. The highest BCUT2D eigenvalue weighted by Gasteiger charge is 2.46. The number of carbonyl (C=O) groups is 1. The molecular formula is C19H22O. The molecule has 0 aliphatic heterocycles. The fourth-order valence-electron chi connectivity index (χ4n) is 3.90. The van der Waals surface area contributed by atoms with Gasteiger partial charge in [0.15, 0.2) is 0 Å². The van der Waals surface area contributed by atoms with Gasteiger partial charge >= 0.3 is 0 Å². The molecule has 0 aromatic heterocycles. The number of Topliss-reactive ketones (excluding diaryl/α,β-unsaturated/α-hetero) is 1. The van der Waals surface area contributed by atoms with Gasteiger partial charge in [0.2, 0.25) is 0 Å². The van der Waals surface area contributed by atoms with E-state index < -0.39 is 0 Å². The van der Waals surface area contributed by atoms with Gasteiger partial charge in [-0.05, 0) is 37.8 Å². The number of benzene rings is 1. The number of ketones is 1. The normalized spacial score (nSPS) is 25.0. The molecule has 2 aliphatic rings. The maximum atomic E-state index is 12.5. The third-order valence-electron chi connectivity index (χ3n) is 5.03. The zero-order valence-corrected chi connectivity index (χ0v) is 12.0. The van der Waals surface area contributed by atoms with Gasteiger partial charge in [0.1, 0.15) is 5.78 Å². The van der Waals surface area contributed by atoms with Crippen LogP contribution < -0.4 is 0 Å². The van der Waals surface area contributed by atoms with E-state index in [4.69, 9.17) is 0 Å². The van der Waals surface area contributed by atoms with Gasteiger partial charge in [0.25, 0.3) is 0 Å². The molecule has 20 heavy (non-hydrogen) atoms. The molecule has 1 unspecified atom stereocenters.